The van der Waals surface area contributed by atoms with Gasteiger partial charge in [0.05, 0.1) is 18.2 Å². The number of fused-ring (bicyclic) bond motifs is 1. The first-order valence-corrected chi connectivity index (χ1v) is 23.8. The number of allylic oxidation sites excluding steroid dienone is 4. The molecule has 342 valence electrons. The molecule has 2 aromatic carbocycles. The molecule has 7 rings (SSSR count). The Balaban J connectivity index is 0.943. The number of anilines is 1. The number of nitrogens with zero attached hydrogens (tertiary/aromatic N) is 6. The van der Waals surface area contributed by atoms with Crippen LogP contribution in [0.25, 0.3) is 33.4 Å². The van der Waals surface area contributed by atoms with Crippen LogP contribution in [0.1, 0.15) is 91.8 Å². The molecule has 0 spiro atoms. The van der Waals surface area contributed by atoms with Gasteiger partial charge < -0.3 is 25.8 Å². The lowest BCUT2D eigenvalue weighted by molar-refractivity contribution is -0.132. The lowest BCUT2D eigenvalue weighted by atomic mass is 9.81. The second-order valence-corrected chi connectivity index (χ2v) is 20.2. The van der Waals surface area contributed by atoms with E-state index in [4.69, 9.17) is 10.5 Å². The summed E-state index contributed by atoms with van der Waals surface area (Å²) >= 11 is 1.54. The van der Waals surface area contributed by atoms with E-state index in [-0.39, 0.29) is 35.8 Å². The van der Waals surface area contributed by atoms with Crippen LogP contribution in [0.4, 0.5) is 5.69 Å². The number of aromatic amines is 1. The maximum atomic E-state index is 14.1. The summed E-state index contributed by atoms with van der Waals surface area (Å²) in [4.78, 5) is 36.2. The number of hydrogen-bond donors (Lipinski definition) is 4. The maximum Gasteiger partial charge on any atom is 0.241 e. The molecule has 1 saturated carbocycles. The molecular formula is C50H66N9O4S-. The molecule has 4 heterocycles. The fraction of sp³-hybridized carbons (Fsp3) is 0.480. The van der Waals surface area contributed by atoms with Gasteiger partial charge in [0.1, 0.15) is 22.5 Å². The van der Waals surface area contributed by atoms with Crippen LogP contribution >= 0.6 is 11.8 Å². The zero-order valence-electron chi connectivity index (χ0n) is 38.8. The molecule has 0 radical (unpaired) electrons. The largest absolute Gasteiger partial charge is 0.491 e. The summed E-state index contributed by atoms with van der Waals surface area (Å²) in [6, 6.07) is 14.0. The fourth-order valence-corrected chi connectivity index (χ4v) is 9.92. The van der Waals surface area contributed by atoms with E-state index in [1.807, 2.05) is 73.9 Å². The van der Waals surface area contributed by atoms with E-state index in [2.05, 4.69) is 76.4 Å². The van der Waals surface area contributed by atoms with Gasteiger partial charge in [-0.25, -0.2) is 4.98 Å². The average Bonchev–Trinajstić information content (AvgIpc) is 3.73. The van der Waals surface area contributed by atoms with E-state index in [1.54, 1.807) is 24.1 Å². The van der Waals surface area contributed by atoms with Crippen molar-refractivity contribution < 1.29 is 19.4 Å². The van der Waals surface area contributed by atoms with Crippen LogP contribution in [0, 0.1) is 17.8 Å². The highest BCUT2D eigenvalue weighted by Crippen LogP contribution is 2.42. The van der Waals surface area contributed by atoms with Crippen molar-refractivity contribution >= 4 is 51.3 Å². The molecule has 2 amide bonds. The highest BCUT2D eigenvalue weighted by Gasteiger charge is 2.45. The lowest BCUT2D eigenvalue weighted by Gasteiger charge is -2.29. The number of benzene rings is 2. The second-order valence-electron chi connectivity index (χ2n) is 19.0. The lowest BCUT2D eigenvalue weighted by Crippen LogP contribution is -2.45. The van der Waals surface area contributed by atoms with E-state index in [0.29, 0.717) is 56.4 Å². The van der Waals surface area contributed by atoms with Gasteiger partial charge in [0.15, 0.2) is 5.82 Å². The molecule has 2 fully saturated rings. The molecule has 3 unspecified atom stereocenters. The summed E-state index contributed by atoms with van der Waals surface area (Å²) in [5.41, 5.74) is 13.0. The smallest absolute Gasteiger partial charge is 0.241 e. The number of thioether (sulfide) groups is 1. The van der Waals surface area contributed by atoms with E-state index < -0.39 is 10.3 Å². The summed E-state index contributed by atoms with van der Waals surface area (Å²) in [5, 5.41) is 26.5. The number of H-pyrrole nitrogens is 1. The van der Waals surface area contributed by atoms with Crippen LogP contribution in [0.5, 0.6) is 0 Å². The number of nitrogens with one attached hydrogen (secondary N) is 2. The van der Waals surface area contributed by atoms with Crippen LogP contribution in [0.15, 0.2) is 84.6 Å². The van der Waals surface area contributed by atoms with Crippen molar-refractivity contribution in [2.45, 2.75) is 104 Å². The van der Waals surface area contributed by atoms with Gasteiger partial charge in [-0.3, -0.25) is 30.7 Å². The molecule has 2 aliphatic heterocycles. The third-order valence-corrected chi connectivity index (χ3v) is 14.1. The minimum atomic E-state index is -0.717. The Labute approximate surface area is 382 Å². The van der Waals surface area contributed by atoms with Gasteiger partial charge in [0.25, 0.3) is 0 Å². The molecule has 1 saturated heterocycles. The van der Waals surface area contributed by atoms with Gasteiger partial charge in [0, 0.05) is 61.1 Å². The fourth-order valence-electron chi connectivity index (χ4n) is 9.08. The van der Waals surface area contributed by atoms with E-state index in [0.717, 1.165) is 59.0 Å². The van der Waals surface area contributed by atoms with Crippen LogP contribution < -0.4 is 11.1 Å². The summed E-state index contributed by atoms with van der Waals surface area (Å²) in [7, 11) is 0. The quantitative estimate of drug-likeness (QED) is 0.0434. The second kappa shape index (κ2) is 19.5. The summed E-state index contributed by atoms with van der Waals surface area (Å²) in [6.07, 6.45) is 17.8. The SMILES string of the molecule is CCCC(C)(C)C/C(C)=C(/C=C\C(=C/N)c1n[nH]c2ccc(NC(=O)C3(SC)CCN(CC(=O)N4CC=C(c5ccc(-c6ncn(CC7[CH-]C7(C)O)n6)cc5)CC4)C3)cc12)OC(C)C. The molecular weight excluding hydrogens is 823 g/mol. The van der Waals surface area contributed by atoms with Gasteiger partial charge in [-0.2, -0.15) is 10.2 Å². The highest BCUT2D eigenvalue weighted by molar-refractivity contribution is 8.00. The summed E-state index contributed by atoms with van der Waals surface area (Å²) in [5.74, 6) is 1.57. The number of likely N-dealkylation sites (tertiary alicyclic amines) is 1. The predicted octanol–water partition coefficient (Wildman–Crippen LogP) is 8.24. The normalized spacial score (nSPS) is 22.3. The molecule has 14 heteroatoms. The molecule has 2 aromatic heterocycles. The number of aliphatic hydroxyl groups is 1. The van der Waals surface area contributed by atoms with Crippen molar-refractivity contribution in [3.63, 3.8) is 0 Å². The monoisotopic (exact) mass is 888 g/mol. The van der Waals surface area contributed by atoms with Crippen molar-refractivity contribution in [2.24, 2.45) is 17.1 Å². The van der Waals surface area contributed by atoms with Crippen molar-refractivity contribution in [1.29, 1.82) is 0 Å². The minimum Gasteiger partial charge on any atom is -0.491 e. The van der Waals surface area contributed by atoms with Gasteiger partial charge in [-0.1, -0.05) is 70.1 Å². The third kappa shape index (κ3) is 11.0. The summed E-state index contributed by atoms with van der Waals surface area (Å²) < 4.78 is 7.36. The first-order valence-electron chi connectivity index (χ1n) is 22.6. The van der Waals surface area contributed by atoms with Crippen LogP contribution in [-0.4, -0.2) is 107 Å². The minimum absolute atomic E-state index is 0.0150. The third-order valence-electron chi connectivity index (χ3n) is 12.8. The highest BCUT2D eigenvalue weighted by atomic mass is 32.2. The average molecular weight is 889 g/mol. The van der Waals surface area contributed by atoms with Crippen LogP contribution in [-0.2, 0) is 20.9 Å². The van der Waals surface area contributed by atoms with Crippen molar-refractivity contribution in [2.75, 3.05) is 44.3 Å². The first kappa shape index (κ1) is 46.8. The standard InChI is InChI=1S/C50H66N9O4S/c1-9-20-48(5,6)26-34(4)43(63-33(2)3)17-14-38(28-51)45-41-25-40(15-16-42(41)54-55-45)53-47(61)50(64-8)21-24-57(31-50)30-44(60)58-22-18-36(19-23-58)35-10-12-37(13-11-35)46-52-32-59(56-46)29-39-27-49(39,7)62/h10-18,25,27-28,32-33,39,62H,9,19-24,26,29-31,51H2,1-8H3,(H,53,61)(H,54,55)/q-1/b17-14-,38-28+,43-34-. The molecule has 4 aromatic rings. The Morgan fingerprint density at radius 1 is 1.16 bits per heavy atom. The van der Waals surface area contributed by atoms with E-state index in [1.165, 1.54) is 22.9 Å². The maximum absolute atomic E-state index is 14.1. The molecule has 1 aliphatic carbocycles. The Kier molecular flexibility index (Phi) is 14.3. The Bertz CT molecular complexity index is 2440. The van der Waals surface area contributed by atoms with E-state index in [9.17, 15) is 14.7 Å². The number of nitrogens with two attached hydrogens (primary N) is 1. The zero-order chi connectivity index (χ0) is 45.8. The van der Waals surface area contributed by atoms with Crippen molar-refractivity contribution in [3.8, 4) is 11.4 Å². The van der Waals surface area contributed by atoms with E-state index >= 15 is 0 Å². The molecule has 5 N–H and O–H groups in total. The topological polar surface area (TPSA) is 168 Å². The number of rotatable bonds is 18. The van der Waals surface area contributed by atoms with Gasteiger partial charge >= 0.3 is 0 Å². The van der Waals surface area contributed by atoms with Gasteiger partial charge in [0.2, 0.25) is 11.8 Å². The number of aromatic nitrogens is 5. The number of hydrogen-bond acceptors (Lipinski definition) is 10. The number of carbonyl (C=O) groups is 2. The van der Waals surface area contributed by atoms with Gasteiger partial charge in [-0.15, -0.1) is 17.7 Å². The van der Waals surface area contributed by atoms with Crippen molar-refractivity contribution in [3.05, 3.63) is 102 Å². The summed E-state index contributed by atoms with van der Waals surface area (Å²) in [6.45, 7) is 18.0. The van der Waals surface area contributed by atoms with Crippen LogP contribution in [0.3, 0.4) is 0 Å². The Morgan fingerprint density at radius 2 is 1.91 bits per heavy atom. The van der Waals surface area contributed by atoms with Gasteiger partial charge in [-0.05, 0) is 105 Å². The zero-order valence-corrected chi connectivity index (χ0v) is 39.6. The van der Waals surface area contributed by atoms with Crippen molar-refractivity contribution in [1.82, 2.24) is 34.8 Å². The predicted molar refractivity (Wildman–Crippen MR) is 259 cm³/mol. The molecule has 64 heavy (non-hydrogen) atoms. The number of carbonyl (C=O) groups excluding carboxylic acids is 2. The number of amides is 2. The molecule has 3 aliphatic rings. The molecule has 13 nitrogen and oxygen atoms in total. The Hall–Kier alpha value is -5.18. The number of ether oxygens (including phenoxy) is 1. The molecule has 3 atom stereocenters. The Morgan fingerprint density at radius 3 is 2.56 bits per heavy atom. The first-order chi connectivity index (χ1) is 30.5. The van der Waals surface area contributed by atoms with Crippen LogP contribution in [0.2, 0.25) is 0 Å². The molecule has 0 bridgehead atoms.